The Labute approximate surface area is 148 Å². The van der Waals surface area contributed by atoms with Crippen molar-refractivity contribution in [3.05, 3.63) is 47.7 Å². The molecule has 0 spiro atoms. The van der Waals surface area contributed by atoms with E-state index in [1.54, 1.807) is 0 Å². The molecule has 2 saturated heterocycles. The van der Waals surface area contributed by atoms with Gasteiger partial charge in [-0.05, 0) is 57.0 Å². The summed E-state index contributed by atoms with van der Waals surface area (Å²) in [6, 6.07) is 12.4. The first-order chi connectivity index (χ1) is 11.2. The average Bonchev–Trinajstić information content (AvgIpc) is 3.09. The first-order valence-electron chi connectivity index (χ1n) is 8.42. The highest BCUT2D eigenvalue weighted by Crippen LogP contribution is 2.30. The number of nitrogens with one attached hydrogen (secondary N) is 1. The molecule has 3 heterocycles. The summed E-state index contributed by atoms with van der Waals surface area (Å²) in [4.78, 5) is 15.2. The molecule has 0 saturated carbocycles. The third-order valence-corrected chi connectivity index (χ3v) is 5.02. The SMILES string of the molecule is Cc1ccc(-c2cccc(C(=O)N3[C@H]4CCNC[C@@H]3CC4)c2)o1.Cl. The Balaban J connectivity index is 0.00000169. The molecule has 0 aliphatic carbocycles. The minimum Gasteiger partial charge on any atom is -0.461 e. The van der Waals surface area contributed by atoms with Crippen molar-refractivity contribution >= 4 is 18.3 Å². The van der Waals surface area contributed by atoms with E-state index in [4.69, 9.17) is 4.42 Å². The molecule has 0 radical (unpaired) electrons. The van der Waals surface area contributed by atoms with Gasteiger partial charge in [-0.2, -0.15) is 0 Å². The van der Waals surface area contributed by atoms with Gasteiger partial charge in [-0.15, -0.1) is 12.4 Å². The second-order valence-corrected chi connectivity index (χ2v) is 6.58. The molecule has 2 aliphatic rings. The molecule has 0 unspecified atom stereocenters. The first kappa shape index (κ1) is 17.1. The molecule has 5 heteroatoms. The molecule has 2 aromatic rings. The second kappa shape index (κ2) is 6.99. The number of hydrogen-bond acceptors (Lipinski definition) is 3. The number of fused-ring (bicyclic) bond motifs is 2. The Morgan fingerprint density at radius 1 is 1.17 bits per heavy atom. The first-order valence-corrected chi connectivity index (χ1v) is 8.42. The van der Waals surface area contributed by atoms with Crippen LogP contribution in [0.2, 0.25) is 0 Å². The van der Waals surface area contributed by atoms with E-state index in [2.05, 4.69) is 10.2 Å². The molecular weight excluding hydrogens is 324 g/mol. The van der Waals surface area contributed by atoms with E-state index in [1.807, 2.05) is 43.3 Å². The van der Waals surface area contributed by atoms with Crippen LogP contribution in [0.15, 0.2) is 40.8 Å². The predicted molar refractivity (Wildman–Crippen MR) is 96.6 cm³/mol. The molecule has 4 rings (SSSR count). The number of halogens is 1. The molecule has 2 fully saturated rings. The summed E-state index contributed by atoms with van der Waals surface area (Å²) in [5.74, 6) is 1.86. The van der Waals surface area contributed by atoms with Crippen LogP contribution in [-0.4, -0.2) is 36.0 Å². The summed E-state index contributed by atoms with van der Waals surface area (Å²) < 4.78 is 5.69. The largest absolute Gasteiger partial charge is 0.461 e. The monoisotopic (exact) mass is 346 g/mol. The predicted octanol–water partition coefficient (Wildman–Crippen LogP) is 3.64. The maximum atomic E-state index is 13.1. The van der Waals surface area contributed by atoms with Crippen LogP contribution in [0.3, 0.4) is 0 Å². The topological polar surface area (TPSA) is 45.5 Å². The number of aryl methyl sites for hydroxylation is 1. The molecule has 4 nitrogen and oxygen atoms in total. The molecule has 24 heavy (non-hydrogen) atoms. The second-order valence-electron chi connectivity index (χ2n) is 6.58. The molecule has 1 amide bonds. The lowest BCUT2D eigenvalue weighted by molar-refractivity contribution is 0.0680. The van der Waals surface area contributed by atoms with Gasteiger partial charge in [0, 0.05) is 29.8 Å². The highest BCUT2D eigenvalue weighted by Gasteiger charge is 2.38. The van der Waals surface area contributed by atoms with Gasteiger partial charge in [0.1, 0.15) is 11.5 Å². The Morgan fingerprint density at radius 3 is 2.79 bits per heavy atom. The fourth-order valence-corrected chi connectivity index (χ4v) is 3.86. The molecule has 128 valence electrons. The summed E-state index contributed by atoms with van der Waals surface area (Å²) in [7, 11) is 0. The number of carbonyl (C=O) groups is 1. The summed E-state index contributed by atoms with van der Waals surface area (Å²) in [6.45, 7) is 3.86. The zero-order chi connectivity index (χ0) is 15.8. The third-order valence-electron chi connectivity index (χ3n) is 5.02. The number of furan rings is 1. The van der Waals surface area contributed by atoms with Crippen molar-refractivity contribution in [2.75, 3.05) is 13.1 Å². The summed E-state index contributed by atoms with van der Waals surface area (Å²) in [5, 5.41) is 3.45. The van der Waals surface area contributed by atoms with Gasteiger partial charge in [0.15, 0.2) is 0 Å². The Hall–Kier alpha value is -1.78. The van der Waals surface area contributed by atoms with Gasteiger partial charge in [-0.3, -0.25) is 4.79 Å². The minimum atomic E-state index is 0. The van der Waals surface area contributed by atoms with E-state index in [1.165, 1.54) is 0 Å². The number of nitrogens with zero attached hydrogens (tertiary/aromatic N) is 1. The Morgan fingerprint density at radius 2 is 2.00 bits per heavy atom. The van der Waals surface area contributed by atoms with Gasteiger partial charge in [-0.25, -0.2) is 0 Å². The van der Waals surface area contributed by atoms with E-state index < -0.39 is 0 Å². The van der Waals surface area contributed by atoms with Crippen LogP contribution in [-0.2, 0) is 0 Å². The molecule has 2 aliphatic heterocycles. The van der Waals surface area contributed by atoms with Crippen LogP contribution in [0.1, 0.15) is 35.4 Å². The normalized spacial score (nSPS) is 22.8. The van der Waals surface area contributed by atoms with Crippen LogP contribution in [0.25, 0.3) is 11.3 Å². The highest BCUT2D eigenvalue weighted by atomic mass is 35.5. The van der Waals surface area contributed by atoms with Crippen molar-refractivity contribution in [3.63, 3.8) is 0 Å². The standard InChI is InChI=1S/C19H22N2O2.ClH/c1-13-5-8-18(23-13)14-3-2-4-15(11-14)19(22)21-16-6-7-17(21)12-20-10-9-16;/h2-5,8,11,16-17,20H,6-7,9-10,12H2,1H3;1H/t16-,17+;/m1./s1. The minimum absolute atomic E-state index is 0. The third kappa shape index (κ3) is 3.08. The Bertz CT molecular complexity index is 714. The summed E-state index contributed by atoms with van der Waals surface area (Å²) >= 11 is 0. The molecular formula is C19H23ClN2O2. The van der Waals surface area contributed by atoms with Crippen molar-refractivity contribution in [2.24, 2.45) is 0 Å². The van der Waals surface area contributed by atoms with E-state index in [0.717, 1.165) is 55.0 Å². The molecule has 1 aromatic heterocycles. The van der Waals surface area contributed by atoms with Gasteiger partial charge >= 0.3 is 0 Å². The van der Waals surface area contributed by atoms with Crippen LogP contribution in [0.4, 0.5) is 0 Å². The van der Waals surface area contributed by atoms with E-state index in [0.29, 0.717) is 12.1 Å². The lowest BCUT2D eigenvalue weighted by Gasteiger charge is -2.28. The smallest absolute Gasteiger partial charge is 0.254 e. The van der Waals surface area contributed by atoms with Gasteiger partial charge < -0.3 is 14.6 Å². The zero-order valence-corrected chi connectivity index (χ0v) is 14.6. The van der Waals surface area contributed by atoms with Crippen LogP contribution >= 0.6 is 12.4 Å². The van der Waals surface area contributed by atoms with Gasteiger partial charge in [-0.1, -0.05) is 12.1 Å². The van der Waals surface area contributed by atoms with Gasteiger partial charge in [0.2, 0.25) is 0 Å². The summed E-state index contributed by atoms with van der Waals surface area (Å²) in [5.41, 5.74) is 1.72. The van der Waals surface area contributed by atoms with Crippen molar-refractivity contribution < 1.29 is 9.21 Å². The number of hydrogen-bond donors (Lipinski definition) is 1. The maximum absolute atomic E-state index is 13.1. The van der Waals surface area contributed by atoms with Gasteiger partial charge in [0.25, 0.3) is 5.91 Å². The van der Waals surface area contributed by atoms with Crippen LogP contribution in [0, 0.1) is 6.92 Å². The van der Waals surface area contributed by atoms with Crippen molar-refractivity contribution in [3.8, 4) is 11.3 Å². The number of benzene rings is 1. The number of amides is 1. The van der Waals surface area contributed by atoms with Gasteiger partial charge in [0.05, 0.1) is 0 Å². The molecule has 1 aromatic carbocycles. The van der Waals surface area contributed by atoms with Crippen molar-refractivity contribution in [1.82, 2.24) is 10.2 Å². The summed E-state index contributed by atoms with van der Waals surface area (Å²) in [6.07, 6.45) is 3.30. The van der Waals surface area contributed by atoms with Crippen LogP contribution < -0.4 is 5.32 Å². The van der Waals surface area contributed by atoms with E-state index >= 15 is 0 Å². The lowest BCUT2D eigenvalue weighted by Crippen LogP contribution is -2.42. The highest BCUT2D eigenvalue weighted by molar-refractivity contribution is 5.96. The number of rotatable bonds is 2. The molecule has 2 atom stereocenters. The van der Waals surface area contributed by atoms with Crippen LogP contribution in [0.5, 0.6) is 0 Å². The molecule has 1 N–H and O–H groups in total. The quantitative estimate of drug-likeness (QED) is 0.903. The fraction of sp³-hybridized carbons (Fsp3) is 0.421. The van der Waals surface area contributed by atoms with Crippen molar-refractivity contribution in [1.29, 1.82) is 0 Å². The maximum Gasteiger partial charge on any atom is 0.254 e. The number of carbonyl (C=O) groups excluding carboxylic acids is 1. The zero-order valence-electron chi connectivity index (χ0n) is 13.8. The Kier molecular flexibility index (Phi) is 4.97. The van der Waals surface area contributed by atoms with E-state index in [9.17, 15) is 4.79 Å². The van der Waals surface area contributed by atoms with E-state index in [-0.39, 0.29) is 18.3 Å². The lowest BCUT2D eigenvalue weighted by atomic mass is 10.1. The molecule has 2 bridgehead atoms. The fourth-order valence-electron chi connectivity index (χ4n) is 3.86. The average molecular weight is 347 g/mol. The van der Waals surface area contributed by atoms with Crippen molar-refractivity contribution in [2.45, 2.75) is 38.3 Å².